The van der Waals surface area contributed by atoms with Gasteiger partial charge in [-0.25, -0.2) is 0 Å². The van der Waals surface area contributed by atoms with E-state index in [4.69, 9.17) is 14.2 Å². The van der Waals surface area contributed by atoms with Gasteiger partial charge < -0.3 is 14.2 Å². The SMILES string of the molecule is CCCCCCCCCCCCCCCCCC1(OC2(CCCCCCCCCCCCCCCCC)CCO2)CCO1. The summed E-state index contributed by atoms with van der Waals surface area (Å²) in [7, 11) is 0. The first-order valence-electron chi connectivity index (χ1n) is 20.2. The van der Waals surface area contributed by atoms with Crippen LogP contribution in [0.3, 0.4) is 0 Å². The Kier molecular flexibility index (Phi) is 24.6. The third kappa shape index (κ3) is 19.9. The first-order chi connectivity index (χ1) is 21.2. The molecule has 0 spiro atoms. The van der Waals surface area contributed by atoms with Crippen LogP contribution in [-0.4, -0.2) is 24.8 Å². The second kappa shape index (κ2) is 27.0. The second-order valence-electron chi connectivity index (χ2n) is 14.5. The van der Waals surface area contributed by atoms with Gasteiger partial charge in [0.25, 0.3) is 0 Å². The molecule has 2 aliphatic rings. The van der Waals surface area contributed by atoms with E-state index < -0.39 is 0 Å². The summed E-state index contributed by atoms with van der Waals surface area (Å²) in [5, 5.41) is 0. The monoisotopic (exact) mass is 607 g/mol. The molecule has 0 aromatic heterocycles. The highest BCUT2D eigenvalue weighted by Gasteiger charge is 2.50. The van der Waals surface area contributed by atoms with Gasteiger partial charge in [0, 0.05) is 25.7 Å². The van der Waals surface area contributed by atoms with Gasteiger partial charge in [0.2, 0.25) is 0 Å². The molecule has 0 aromatic rings. The number of ether oxygens (including phenoxy) is 3. The molecular formula is C40H78O3. The van der Waals surface area contributed by atoms with Crippen LogP contribution in [0.5, 0.6) is 0 Å². The predicted molar refractivity (Wildman–Crippen MR) is 187 cm³/mol. The highest BCUT2D eigenvalue weighted by molar-refractivity contribution is 4.86. The Balaban J connectivity index is 1.39. The fourth-order valence-electron chi connectivity index (χ4n) is 7.19. The van der Waals surface area contributed by atoms with Gasteiger partial charge in [-0.1, -0.05) is 194 Å². The van der Waals surface area contributed by atoms with Gasteiger partial charge in [-0.2, -0.15) is 0 Å². The lowest BCUT2D eigenvalue weighted by Gasteiger charge is -2.51. The molecule has 2 rings (SSSR count). The summed E-state index contributed by atoms with van der Waals surface area (Å²) in [5.41, 5.74) is 0. The van der Waals surface area contributed by atoms with Crippen molar-refractivity contribution in [3.8, 4) is 0 Å². The van der Waals surface area contributed by atoms with E-state index in [1.165, 1.54) is 193 Å². The lowest BCUT2D eigenvalue weighted by Crippen LogP contribution is -2.57. The van der Waals surface area contributed by atoms with Crippen molar-refractivity contribution in [2.24, 2.45) is 0 Å². The van der Waals surface area contributed by atoms with Crippen molar-refractivity contribution >= 4 is 0 Å². The molecular weight excluding hydrogens is 528 g/mol. The number of unbranched alkanes of at least 4 members (excludes halogenated alkanes) is 28. The molecule has 2 heterocycles. The first-order valence-corrected chi connectivity index (χ1v) is 20.2. The van der Waals surface area contributed by atoms with Gasteiger partial charge in [-0.15, -0.1) is 0 Å². The van der Waals surface area contributed by atoms with E-state index in [-0.39, 0.29) is 11.6 Å². The topological polar surface area (TPSA) is 27.7 Å². The first kappa shape index (κ1) is 39.1. The Morgan fingerprint density at radius 3 is 0.744 bits per heavy atom. The number of rotatable bonds is 34. The number of hydrogen-bond donors (Lipinski definition) is 0. The minimum atomic E-state index is -0.341. The van der Waals surface area contributed by atoms with Gasteiger partial charge in [0.1, 0.15) is 0 Å². The summed E-state index contributed by atoms with van der Waals surface area (Å²) in [5.74, 6) is -0.682. The lowest BCUT2D eigenvalue weighted by atomic mass is 9.95. The molecule has 0 amide bonds. The maximum atomic E-state index is 6.69. The molecule has 0 N–H and O–H groups in total. The standard InChI is InChI=1S/C40H78O3/c1-3-5-7-9-11-13-15-17-19-21-23-25-27-29-31-33-39(35-37-41-39)43-40(36-38-42-40)34-32-30-28-26-24-22-20-18-16-14-12-10-8-6-4-2/h3-38H2,1-2H3. The van der Waals surface area contributed by atoms with Gasteiger partial charge in [-0.3, -0.25) is 0 Å². The molecule has 43 heavy (non-hydrogen) atoms. The number of hydrogen-bond acceptors (Lipinski definition) is 3. The van der Waals surface area contributed by atoms with Crippen LogP contribution < -0.4 is 0 Å². The molecule has 3 nitrogen and oxygen atoms in total. The largest absolute Gasteiger partial charge is 0.349 e. The maximum Gasteiger partial charge on any atom is 0.173 e. The minimum Gasteiger partial charge on any atom is -0.349 e. The van der Waals surface area contributed by atoms with Crippen molar-refractivity contribution in [3.63, 3.8) is 0 Å². The van der Waals surface area contributed by atoms with Crippen LogP contribution in [0.4, 0.5) is 0 Å². The summed E-state index contributed by atoms with van der Waals surface area (Å²) in [6.07, 6.45) is 46.5. The Labute approximate surface area is 270 Å². The minimum absolute atomic E-state index is 0.341. The summed E-state index contributed by atoms with van der Waals surface area (Å²) in [6.45, 7) is 6.31. The van der Waals surface area contributed by atoms with Crippen molar-refractivity contribution in [1.82, 2.24) is 0 Å². The fraction of sp³-hybridized carbons (Fsp3) is 1.00. The van der Waals surface area contributed by atoms with Gasteiger partial charge in [-0.05, 0) is 12.8 Å². The zero-order valence-electron chi connectivity index (χ0n) is 29.7. The lowest BCUT2D eigenvalue weighted by molar-refractivity contribution is -0.432. The van der Waals surface area contributed by atoms with Crippen molar-refractivity contribution in [2.45, 2.75) is 244 Å². The molecule has 2 atom stereocenters. The normalized spacial score (nSPS) is 21.6. The summed E-state index contributed by atoms with van der Waals surface area (Å²) in [6, 6.07) is 0. The molecule has 0 aliphatic carbocycles. The van der Waals surface area contributed by atoms with Crippen LogP contribution in [-0.2, 0) is 14.2 Å². The van der Waals surface area contributed by atoms with E-state index in [1.807, 2.05) is 0 Å². The Morgan fingerprint density at radius 1 is 0.349 bits per heavy atom. The van der Waals surface area contributed by atoms with E-state index in [2.05, 4.69) is 13.8 Å². The molecule has 0 saturated carbocycles. The van der Waals surface area contributed by atoms with Crippen LogP contribution >= 0.6 is 0 Å². The smallest absolute Gasteiger partial charge is 0.173 e. The van der Waals surface area contributed by atoms with Crippen LogP contribution in [0.25, 0.3) is 0 Å². The second-order valence-corrected chi connectivity index (χ2v) is 14.5. The predicted octanol–water partition coefficient (Wildman–Crippen LogP) is 13.8. The van der Waals surface area contributed by atoms with E-state index in [1.54, 1.807) is 0 Å². The summed E-state index contributed by atoms with van der Waals surface area (Å²) in [4.78, 5) is 0. The van der Waals surface area contributed by atoms with E-state index in [0.717, 1.165) is 38.9 Å². The van der Waals surface area contributed by atoms with Crippen molar-refractivity contribution in [1.29, 1.82) is 0 Å². The fourth-order valence-corrected chi connectivity index (χ4v) is 7.19. The molecule has 2 aliphatic heterocycles. The molecule has 2 unspecified atom stereocenters. The molecule has 256 valence electrons. The maximum absolute atomic E-state index is 6.69. The molecule has 3 heteroatoms. The molecule has 2 saturated heterocycles. The van der Waals surface area contributed by atoms with Gasteiger partial charge in [0.05, 0.1) is 13.2 Å². The average Bonchev–Trinajstić information content (AvgIpc) is 2.98. The van der Waals surface area contributed by atoms with E-state index in [9.17, 15) is 0 Å². The van der Waals surface area contributed by atoms with Crippen LogP contribution in [0.1, 0.15) is 232 Å². The highest BCUT2D eigenvalue weighted by Crippen LogP contribution is 2.44. The van der Waals surface area contributed by atoms with E-state index >= 15 is 0 Å². The van der Waals surface area contributed by atoms with Gasteiger partial charge >= 0.3 is 0 Å². The zero-order valence-corrected chi connectivity index (χ0v) is 29.7. The summed E-state index contributed by atoms with van der Waals surface area (Å²) < 4.78 is 18.9. The third-order valence-corrected chi connectivity index (χ3v) is 10.4. The quantitative estimate of drug-likeness (QED) is 0.0682. The average molecular weight is 607 g/mol. The van der Waals surface area contributed by atoms with Crippen molar-refractivity contribution < 1.29 is 14.2 Å². The van der Waals surface area contributed by atoms with Crippen molar-refractivity contribution in [3.05, 3.63) is 0 Å². The summed E-state index contributed by atoms with van der Waals surface area (Å²) >= 11 is 0. The van der Waals surface area contributed by atoms with E-state index in [0.29, 0.717) is 0 Å². The molecule has 2 fully saturated rings. The van der Waals surface area contributed by atoms with Crippen LogP contribution in [0, 0.1) is 0 Å². The molecule has 0 bridgehead atoms. The highest BCUT2D eigenvalue weighted by atomic mass is 16.8. The Morgan fingerprint density at radius 2 is 0.558 bits per heavy atom. The van der Waals surface area contributed by atoms with Crippen molar-refractivity contribution in [2.75, 3.05) is 13.2 Å². The zero-order chi connectivity index (χ0) is 30.6. The third-order valence-electron chi connectivity index (χ3n) is 10.4. The van der Waals surface area contributed by atoms with Gasteiger partial charge in [0.15, 0.2) is 11.6 Å². The molecule has 0 aromatic carbocycles. The van der Waals surface area contributed by atoms with Crippen LogP contribution in [0.15, 0.2) is 0 Å². The Hall–Kier alpha value is -0.120. The molecule has 0 radical (unpaired) electrons. The Bertz CT molecular complexity index is 532. The van der Waals surface area contributed by atoms with Crippen LogP contribution in [0.2, 0.25) is 0 Å².